The van der Waals surface area contributed by atoms with Crippen LogP contribution < -0.4 is 11.5 Å². The average Bonchev–Trinajstić information content (AvgIpc) is 3.34. The lowest BCUT2D eigenvalue weighted by molar-refractivity contribution is -0.160. The lowest BCUT2D eigenvalue weighted by Gasteiger charge is -2.38. The number of nitrogens with zero attached hydrogens (tertiary/aromatic N) is 2. The van der Waals surface area contributed by atoms with Crippen LogP contribution in [0.2, 0.25) is 0 Å². The van der Waals surface area contributed by atoms with Gasteiger partial charge in [0.2, 0.25) is 5.91 Å². The molecule has 0 bridgehead atoms. The van der Waals surface area contributed by atoms with Crippen LogP contribution in [0.1, 0.15) is 12.0 Å². The highest BCUT2D eigenvalue weighted by molar-refractivity contribution is 8.15. The fourth-order valence-electron chi connectivity index (χ4n) is 3.96. The number of rotatable bonds is 4. The summed E-state index contributed by atoms with van der Waals surface area (Å²) in [6.07, 6.45) is 3.18. The van der Waals surface area contributed by atoms with Gasteiger partial charge in [-0.15, -0.1) is 0 Å². The molecule has 0 aromatic heterocycles. The van der Waals surface area contributed by atoms with Crippen LogP contribution in [-0.2, 0) is 10.3 Å². The molecular weight excluding hydrogens is 396 g/mol. The molecule has 1 aromatic rings. The third kappa shape index (κ3) is 2.94. The highest BCUT2D eigenvalue weighted by atomic mass is 32.2. The van der Waals surface area contributed by atoms with Crippen molar-refractivity contribution in [1.82, 2.24) is 4.90 Å². The van der Waals surface area contributed by atoms with Crippen molar-refractivity contribution < 1.29 is 22.4 Å². The number of amidine groups is 1. The molecule has 5 nitrogen and oxygen atoms in total. The number of thioether (sulfide) groups is 1. The Hall–Kier alpha value is -2.23. The number of halogens is 4. The predicted octanol–water partition coefficient (Wildman–Crippen LogP) is 2.43. The van der Waals surface area contributed by atoms with Gasteiger partial charge in [-0.1, -0.05) is 17.8 Å². The molecule has 2 aliphatic heterocycles. The van der Waals surface area contributed by atoms with E-state index in [1.165, 1.54) is 30.0 Å². The molecule has 150 valence electrons. The zero-order valence-corrected chi connectivity index (χ0v) is 15.5. The van der Waals surface area contributed by atoms with Crippen molar-refractivity contribution in [1.29, 1.82) is 0 Å². The number of amides is 1. The van der Waals surface area contributed by atoms with Gasteiger partial charge in [0.15, 0.2) is 5.17 Å². The topological polar surface area (TPSA) is 84.7 Å². The quantitative estimate of drug-likeness (QED) is 0.450. The number of nitrogen functional groups attached to an aromatic ring is 1. The second-order valence-electron chi connectivity index (χ2n) is 7.44. The molecule has 4 N–H and O–H groups in total. The Bertz CT molecular complexity index is 900. The van der Waals surface area contributed by atoms with Gasteiger partial charge in [0.1, 0.15) is 18.0 Å². The summed E-state index contributed by atoms with van der Waals surface area (Å²) in [7, 11) is 0. The van der Waals surface area contributed by atoms with Gasteiger partial charge < -0.3 is 16.4 Å². The number of benzene rings is 1. The van der Waals surface area contributed by atoms with Gasteiger partial charge in [-0.2, -0.15) is 0 Å². The summed E-state index contributed by atoms with van der Waals surface area (Å²) < 4.78 is 53.9. The second-order valence-corrected chi connectivity index (χ2v) is 8.83. The van der Waals surface area contributed by atoms with Gasteiger partial charge in [0, 0.05) is 28.0 Å². The van der Waals surface area contributed by atoms with Gasteiger partial charge >= 0.3 is 0 Å². The number of hydrogen-bond donors (Lipinski definition) is 2. The van der Waals surface area contributed by atoms with Gasteiger partial charge in [-0.3, -0.25) is 4.79 Å². The fourth-order valence-corrected chi connectivity index (χ4v) is 5.28. The number of aliphatic imine (C=N–C) groups is 1. The second kappa shape index (κ2) is 6.13. The normalized spacial score (nSPS) is 33.2. The Kier molecular flexibility index (Phi) is 4.18. The van der Waals surface area contributed by atoms with Crippen molar-refractivity contribution in [3.05, 3.63) is 41.7 Å². The van der Waals surface area contributed by atoms with Crippen LogP contribution in [0.3, 0.4) is 0 Å². The van der Waals surface area contributed by atoms with Crippen molar-refractivity contribution in [2.75, 3.05) is 25.5 Å². The molecule has 1 aliphatic carbocycles. The summed E-state index contributed by atoms with van der Waals surface area (Å²) in [4.78, 5) is 17.3. The molecular formula is C18H18F4N4OS. The monoisotopic (exact) mass is 414 g/mol. The van der Waals surface area contributed by atoms with Crippen molar-refractivity contribution >= 4 is 28.5 Å². The minimum absolute atomic E-state index is 0.0206. The Morgan fingerprint density at radius 2 is 2.07 bits per heavy atom. The van der Waals surface area contributed by atoms with Crippen molar-refractivity contribution in [3.8, 4) is 0 Å². The molecule has 10 heteroatoms. The lowest BCUT2D eigenvalue weighted by Crippen LogP contribution is -2.58. The maximum absolute atomic E-state index is 14.5. The Balaban J connectivity index is 1.62. The molecule has 2 fully saturated rings. The average molecular weight is 414 g/mol. The first-order valence-electron chi connectivity index (χ1n) is 8.63. The van der Waals surface area contributed by atoms with Crippen LogP contribution in [0.4, 0.5) is 23.2 Å². The summed E-state index contributed by atoms with van der Waals surface area (Å²) in [5.74, 6) is -4.48. The number of alkyl halides is 3. The van der Waals surface area contributed by atoms with Crippen molar-refractivity contribution in [2.24, 2.45) is 16.6 Å². The van der Waals surface area contributed by atoms with E-state index < -0.39 is 53.6 Å². The molecule has 0 spiro atoms. The van der Waals surface area contributed by atoms with Crippen LogP contribution in [-0.4, -0.2) is 46.4 Å². The van der Waals surface area contributed by atoms with E-state index in [-0.39, 0.29) is 16.4 Å². The number of carbonyl (C=O) groups is 1. The molecule has 1 saturated heterocycles. The number of fused-ring (bicyclic) bond motifs is 1. The molecule has 2 heterocycles. The number of anilines is 1. The first kappa shape index (κ1) is 19.1. The van der Waals surface area contributed by atoms with E-state index in [0.717, 1.165) is 11.0 Å². The summed E-state index contributed by atoms with van der Waals surface area (Å²) in [5, 5.41) is 0.0702. The largest absolute Gasteiger partial charge is 0.399 e. The fraction of sp³-hybridized carbons (Fsp3) is 0.444. The molecule has 0 unspecified atom stereocenters. The minimum atomic E-state index is -2.85. The van der Waals surface area contributed by atoms with E-state index in [0.29, 0.717) is 6.42 Å². The predicted molar refractivity (Wildman–Crippen MR) is 99.2 cm³/mol. The SMILES string of the molecule is NC1=N[C@](CF)(c2cc(N)ccc2F)[C@@H]2C[C@]2(C=CC(=O)N2CC(F)(F)C2)S1. The van der Waals surface area contributed by atoms with Crippen LogP contribution in [0.25, 0.3) is 0 Å². The summed E-state index contributed by atoms with van der Waals surface area (Å²) in [6, 6.07) is 3.88. The Morgan fingerprint density at radius 3 is 2.71 bits per heavy atom. The van der Waals surface area contributed by atoms with Gasteiger partial charge in [0.25, 0.3) is 5.92 Å². The number of hydrogen-bond acceptors (Lipinski definition) is 5. The first-order chi connectivity index (χ1) is 13.1. The van der Waals surface area contributed by atoms with Crippen LogP contribution in [0, 0.1) is 11.7 Å². The third-order valence-electron chi connectivity index (χ3n) is 5.46. The van der Waals surface area contributed by atoms with Gasteiger partial charge in [0.05, 0.1) is 13.1 Å². The van der Waals surface area contributed by atoms with Crippen molar-refractivity contribution in [2.45, 2.75) is 22.6 Å². The molecule has 3 aliphatic rings. The van der Waals surface area contributed by atoms with Crippen LogP contribution in [0.5, 0.6) is 0 Å². The van der Waals surface area contributed by atoms with E-state index in [1.807, 2.05) is 0 Å². The third-order valence-corrected chi connectivity index (χ3v) is 6.73. The van der Waals surface area contributed by atoms with E-state index in [2.05, 4.69) is 4.99 Å². The molecule has 0 radical (unpaired) electrons. The number of likely N-dealkylation sites (tertiary alicyclic amines) is 1. The zero-order valence-electron chi connectivity index (χ0n) is 14.7. The first-order valence-corrected chi connectivity index (χ1v) is 9.44. The summed E-state index contributed by atoms with van der Waals surface area (Å²) in [5.41, 5.74) is 10.4. The summed E-state index contributed by atoms with van der Waals surface area (Å²) >= 11 is 1.17. The van der Waals surface area contributed by atoms with Crippen molar-refractivity contribution in [3.63, 3.8) is 0 Å². The standard InChI is InChI=1S/C18H18F4N4OS/c19-7-18(11-5-10(23)1-2-12(11)20)13-6-16(13,28-15(24)25-18)4-3-14(27)26-8-17(21,22)9-26/h1-5,13H,6-9,23H2,(H2,24,25)/t13-,16+,18-/m1/s1. The van der Waals surface area contributed by atoms with Gasteiger partial charge in [-0.05, 0) is 24.6 Å². The zero-order chi connectivity index (χ0) is 20.3. The number of carbonyl (C=O) groups excluding carboxylic acids is 1. The van der Waals surface area contributed by atoms with E-state index in [1.54, 1.807) is 6.08 Å². The molecule has 4 rings (SSSR count). The Labute approximate surface area is 162 Å². The molecule has 3 atom stereocenters. The van der Waals surface area contributed by atoms with Crippen LogP contribution in [0.15, 0.2) is 35.3 Å². The number of nitrogens with two attached hydrogens (primary N) is 2. The highest BCUT2D eigenvalue weighted by Crippen LogP contribution is 2.66. The van der Waals surface area contributed by atoms with E-state index in [9.17, 15) is 22.4 Å². The Morgan fingerprint density at radius 1 is 1.36 bits per heavy atom. The minimum Gasteiger partial charge on any atom is -0.399 e. The maximum Gasteiger partial charge on any atom is 0.282 e. The van der Waals surface area contributed by atoms with E-state index >= 15 is 0 Å². The molecule has 1 amide bonds. The lowest BCUT2D eigenvalue weighted by atomic mass is 9.84. The molecule has 1 saturated carbocycles. The summed E-state index contributed by atoms with van der Waals surface area (Å²) in [6.45, 7) is -2.22. The van der Waals surface area contributed by atoms with Gasteiger partial charge in [-0.25, -0.2) is 22.6 Å². The molecule has 28 heavy (non-hydrogen) atoms. The highest BCUT2D eigenvalue weighted by Gasteiger charge is 2.67. The maximum atomic E-state index is 14.5. The smallest absolute Gasteiger partial charge is 0.282 e. The van der Waals surface area contributed by atoms with E-state index in [4.69, 9.17) is 11.5 Å². The van der Waals surface area contributed by atoms with Crippen LogP contribution >= 0.6 is 11.8 Å². The molecule has 1 aromatic carbocycles.